The monoisotopic (exact) mass is 451 g/mol. The van der Waals surface area contributed by atoms with E-state index >= 15 is 0 Å². The zero-order valence-electron chi connectivity index (χ0n) is 15.7. The van der Waals surface area contributed by atoms with Crippen molar-refractivity contribution in [3.05, 3.63) is 63.7 Å². The fourth-order valence-electron chi connectivity index (χ4n) is 2.76. The molecule has 4 rings (SSSR count). The van der Waals surface area contributed by atoms with Gasteiger partial charge >= 0.3 is 11.9 Å². The van der Waals surface area contributed by atoms with Gasteiger partial charge in [0, 0.05) is 17.4 Å². The van der Waals surface area contributed by atoms with E-state index in [1.165, 1.54) is 19.4 Å². The summed E-state index contributed by atoms with van der Waals surface area (Å²) in [7, 11) is 1.27. The smallest absolute Gasteiger partial charge is 0.417 e. The van der Waals surface area contributed by atoms with Gasteiger partial charge in [-0.2, -0.15) is 18.2 Å². The molecule has 4 aromatic rings. The van der Waals surface area contributed by atoms with Crippen LogP contribution in [0.3, 0.4) is 0 Å². The van der Waals surface area contributed by atoms with Gasteiger partial charge in [0.25, 0.3) is 0 Å². The van der Waals surface area contributed by atoms with Crippen molar-refractivity contribution in [2.24, 2.45) is 0 Å². The molecule has 3 N–H and O–H groups in total. The van der Waals surface area contributed by atoms with Gasteiger partial charge in [0.15, 0.2) is 11.4 Å². The molecule has 0 fully saturated rings. The summed E-state index contributed by atoms with van der Waals surface area (Å²) in [5.41, 5.74) is 0.581. The van der Waals surface area contributed by atoms with E-state index in [1.54, 1.807) is 18.2 Å². The topological polar surface area (TPSA) is 105 Å². The Balaban J connectivity index is 1.62. The van der Waals surface area contributed by atoms with Crippen molar-refractivity contribution in [1.82, 2.24) is 15.0 Å². The molecule has 0 unspecified atom stereocenters. The predicted molar refractivity (Wildman–Crippen MR) is 108 cm³/mol. The maximum absolute atomic E-state index is 13.1. The number of nitrogens with zero attached hydrogens (tertiary/aromatic N) is 2. The molecule has 0 atom stereocenters. The number of aromatic amines is 1. The van der Waals surface area contributed by atoms with Crippen LogP contribution in [0, 0.1) is 0 Å². The van der Waals surface area contributed by atoms with Gasteiger partial charge in [0.1, 0.15) is 10.8 Å². The number of hydrogen-bond donors (Lipinski definition) is 3. The predicted octanol–water partition coefficient (Wildman–Crippen LogP) is 5.08. The standard InChI is InChI=1S/C19H13ClF3N5O3/c1-30-12-5-9(19(21,22)23)4-11(6-12)26-17-24-8-13(20)16(28-17)25-10-2-3-15-14(7-10)27-18(29)31-15/h2-8H,1H3,(H,27,29)(H2,24,25,26,28). The van der Waals surface area contributed by atoms with Crippen molar-refractivity contribution < 1.29 is 22.3 Å². The largest absolute Gasteiger partial charge is 0.497 e. The summed E-state index contributed by atoms with van der Waals surface area (Å²) in [5, 5.41) is 5.85. The molecule has 0 saturated carbocycles. The maximum Gasteiger partial charge on any atom is 0.417 e. The number of nitrogens with one attached hydrogen (secondary N) is 3. The van der Waals surface area contributed by atoms with Gasteiger partial charge in [0.05, 0.1) is 24.4 Å². The van der Waals surface area contributed by atoms with Crippen molar-refractivity contribution in [1.29, 1.82) is 0 Å². The molecule has 8 nitrogen and oxygen atoms in total. The number of hydrogen-bond acceptors (Lipinski definition) is 7. The Morgan fingerprint density at radius 2 is 1.94 bits per heavy atom. The number of ether oxygens (including phenoxy) is 1. The second-order valence-corrected chi connectivity index (χ2v) is 6.72. The zero-order valence-corrected chi connectivity index (χ0v) is 16.4. The first-order chi connectivity index (χ1) is 14.7. The molecule has 160 valence electrons. The summed E-state index contributed by atoms with van der Waals surface area (Å²) < 4.78 is 49.3. The number of alkyl halides is 3. The number of benzene rings is 2. The molecule has 2 heterocycles. The number of halogens is 4. The van der Waals surface area contributed by atoms with Crippen LogP contribution < -0.4 is 21.1 Å². The third-order valence-electron chi connectivity index (χ3n) is 4.15. The molecule has 0 aliphatic carbocycles. The fraction of sp³-hybridized carbons (Fsp3) is 0.105. The molecule has 2 aromatic carbocycles. The molecule has 0 aliphatic heterocycles. The SMILES string of the molecule is COc1cc(Nc2ncc(Cl)c(Nc3ccc4oc(=O)[nH]c4c3)n2)cc(C(F)(F)F)c1. The molecule has 0 spiro atoms. The number of H-pyrrole nitrogens is 1. The van der Waals surface area contributed by atoms with E-state index in [-0.39, 0.29) is 28.2 Å². The van der Waals surface area contributed by atoms with Crippen molar-refractivity contribution in [3.63, 3.8) is 0 Å². The van der Waals surface area contributed by atoms with Crippen LogP contribution in [0.25, 0.3) is 11.1 Å². The summed E-state index contributed by atoms with van der Waals surface area (Å²) in [6.07, 6.45) is -3.26. The van der Waals surface area contributed by atoms with Crippen LogP contribution in [0.15, 0.2) is 51.8 Å². The van der Waals surface area contributed by atoms with E-state index in [9.17, 15) is 18.0 Å². The quantitative estimate of drug-likeness (QED) is 0.388. The first-order valence-corrected chi connectivity index (χ1v) is 9.05. The summed E-state index contributed by atoms with van der Waals surface area (Å²) in [4.78, 5) is 22.0. The molecule has 12 heteroatoms. The van der Waals surface area contributed by atoms with Crippen LogP contribution in [0.1, 0.15) is 5.56 Å². The number of aromatic nitrogens is 3. The fourth-order valence-corrected chi connectivity index (χ4v) is 2.90. The minimum Gasteiger partial charge on any atom is -0.497 e. The highest BCUT2D eigenvalue weighted by atomic mass is 35.5. The van der Waals surface area contributed by atoms with Gasteiger partial charge in [-0.3, -0.25) is 4.98 Å². The van der Waals surface area contributed by atoms with Gasteiger partial charge in [-0.15, -0.1) is 0 Å². The number of fused-ring (bicyclic) bond motifs is 1. The first-order valence-electron chi connectivity index (χ1n) is 8.67. The van der Waals surface area contributed by atoms with Crippen molar-refractivity contribution >= 4 is 45.8 Å². The summed E-state index contributed by atoms with van der Waals surface area (Å²) >= 11 is 6.14. The molecule has 0 saturated heterocycles. The van der Waals surface area contributed by atoms with Gasteiger partial charge in [-0.25, -0.2) is 9.78 Å². The zero-order chi connectivity index (χ0) is 22.2. The van der Waals surface area contributed by atoms with E-state index in [4.69, 9.17) is 20.8 Å². The third kappa shape index (κ3) is 4.56. The Morgan fingerprint density at radius 1 is 1.13 bits per heavy atom. The lowest BCUT2D eigenvalue weighted by Gasteiger charge is -2.13. The van der Waals surface area contributed by atoms with Crippen LogP contribution in [0.2, 0.25) is 5.02 Å². The van der Waals surface area contributed by atoms with Crippen molar-refractivity contribution in [2.45, 2.75) is 6.18 Å². The molecule has 0 aliphatic rings. The molecular weight excluding hydrogens is 439 g/mol. The molecule has 0 amide bonds. The molecule has 0 bridgehead atoms. The Morgan fingerprint density at radius 3 is 2.68 bits per heavy atom. The highest BCUT2D eigenvalue weighted by Crippen LogP contribution is 2.35. The molecule has 2 aromatic heterocycles. The van der Waals surface area contributed by atoms with Crippen LogP contribution in [0.5, 0.6) is 5.75 Å². The van der Waals surface area contributed by atoms with Crippen LogP contribution >= 0.6 is 11.6 Å². The van der Waals surface area contributed by atoms with E-state index in [2.05, 4.69) is 25.6 Å². The Hall–Kier alpha value is -3.73. The lowest BCUT2D eigenvalue weighted by atomic mass is 10.2. The summed E-state index contributed by atoms with van der Waals surface area (Å²) in [6, 6.07) is 8.02. The second kappa shape index (κ2) is 7.84. The minimum atomic E-state index is -4.55. The second-order valence-electron chi connectivity index (χ2n) is 6.31. The van der Waals surface area contributed by atoms with Crippen molar-refractivity contribution in [3.8, 4) is 5.75 Å². The minimum absolute atomic E-state index is 0.00562. The van der Waals surface area contributed by atoms with Crippen molar-refractivity contribution in [2.75, 3.05) is 17.7 Å². The molecular formula is C19H13ClF3N5O3. The van der Waals surface area contributed by atoms with Gasteiger partial charge < -0.3 is 19.8 Å². The van der Waals surface area contributed by atoms with Crippen LogP contribution in [-0.2, 0) is 6.18 Å². The number of oxazole rings is 1. The average molecular weight is 452 g/mol. The molecule has 31 heavy (non-hydrogen) atoms. The van der Waals surface area contributed by atoms with E-state index in [0.717, 1.165) is 12.1 Å². The van der Waals surface area contributed by atoms with E-state index < -0.39 is 17.5 Å². The first kappa shape index (κ1) is 20.5. The normalized spacial score (nSPS) is 11.5. The van der Waals surface area contributed by atoms with Gasteiger partial charge in [0.2, 0.25) is 5.95 Å². The van der Waals surface area contributed by atoms with Gasteiger partial charge in [-0.05, 0) is 30.3 Å². The Labute approximate surface area is 177 Å². The van der Waals surface area contributed by atoms with Crippen LogP contribution in [-0.4, -0.2) is 22.1 Å². The van der Waals surface area contributed by atoms with E-state index in [1.807, 2.05) is 0 Å². The Bertz CT molecular complexity index is 1320. The average Bonchev–Trinajstić information content (AvgIpc) is 3.09. The lowest BCUT2D eigenvalue weighted by molar-refractivity contribution is -0.137. The highest BCUT2D eigenvalue weighted by Gasteiger charge is 2.31. The molecule has 0 radical (unpaired) electrons. The summed E-state index contributed by atoms with van der Waals surface area (Å²) in [5.74, 6) is -0.364. The lowest BCUT2D eigenvalue weighted by Crippen LogP contribution is -2.07. The Kier molecular flexibility index (Phi) is 5.19. The maximum atomic E-state index is 13.1. The number of rotatable bonds is 5. The number of anilines is 4. The van der Waals surface area contributed by atoms with Gasteiger partial charge in [-0.1, -0.05) is 11.6 Å². The third-order valence-corrected chi connectivity index (χ3v) is 4.43. The number of methoxy groups -OCH3 is 1. The summed E-state index contributed by atoms with van der Waals surface area (Å²) in [6.45, 7) is 0. The van der Waals surface area contributed by atoms with Crippen LogP contribution in [0.4, 0.5) is 36.3 Å². The van der Waals surface area contributed by atoms with E-state index in [0.29, 0.717) is 16.8 Å². The highest BCUT2D eigenvalue weighted by molar-refractivity contribution is 6.32.